The molecule has 0 radical (unpaired) electrons. The van der Waals surface area contributed by atoms with Gasteiger partial charge in [0.05, 0.1) is 5.92 Å². The van der Waals surface area contributed by atoms with E-state index in [0.29, 0.717) is 10.6 Å². The van der Waals surface area contributed by atoms with Crippen molar-refractivity contribution in [2.24, 2.45) is 5.92 Å². The van der Waals surface area contributed by atoms with Crippen molar-refractivity contribution in [2.75, 3.05) is 18.4 Å². The molecule has 0 saturated carbocycles. The second-order valence-corrected chi connectivity index (χ2v) is 6.47. The molecule has 1 aliphatic rings. The zero-order chi connectivity index (χ0) is 18.1. The zero-order valence-electron chi connectivity index (χ0n) is 13.9. The van der Waals surface area contributed by atoms with Crippen LogP contribution in [-0.4, -0.2) is 36.0 Å². The summed E-state index contributed by atoms with van der Waals surface area (Å²) in [5, 5.41) is 2.81. The Morgan fingerprint density at radius 1 is 1.38 bits per heavy atom. The number of amides is 2. The molecule has 4 nitrogen and oxygen atoms in total. The van der Waals surface area contributed by atoms with Gasteiger partial charge in [-0.05, 0) is 24.0 Å². The van der Waals surface area contributed by atoms with E-state index in [1.807, 2.05) is 39.0 Å². The van der Waals surface area contributed by atoms with Crippen molar-refractivity contribution in [2.45, 2.75) is 39.3 Å². The standard InChI is InChI=1S/C17H21F3N2O2/c1-10(2)13-6-4-5-11(3)15(13)21-16(24)12-7-14(23)22(8-12)9-17(18,19)20/h4-6,10,12H,7-9H2,1-3H3,(H,21,24). The number of carbonyl (C=O) groups is 2. The second-order valence-electron chi connectivity index (χ2n) is 6.47. The Morgan fingerprint density at radius 2 is 2.04 bits per heavy atom. The molecule has 1 fully saturated rings. The molecule has 1 N–H and O–H groups in total. The van der Waals surface area contributed by atoms with Crippen LogP contribution in [0.4, 0.5) is 18.9 Å². The normalized spacial score (nSPS) is 18.4. The lowest BCUT2D eigenvalue weighted by molar-refractivity contribution is -0.157. The summed E-state index contributed by atoms with van der Waals surface area (Å²) in [6.07, 6.45) is -4.65. The van der Waals surface area contributed by atoms with Crippen molar-refractivity contribution < 1.29 is 22.8 Å². The van der Waals surface area contributed by atoms with E-state index < -0.39 is 30.5 Å². The van der Waals surface area contributed by atoms with Crippen LogP contribution < -0.4 is 5.32 Å². The van der Waals surface area contributed by atoms with Crippen LogP contribution in [0.2, 0.25) is 0 Å². The van der Waals surface area contributed by atoms with Gasteiger partial charge in [0.15, 0.2) is 0 Å². The largest absolute Gasteiger partial charge is 0.406 e. The molecule has 1 heterocycles. The molecule has 24 heavy (non-hydrogen) atoms. The molecule has 0 aliphatic carbocycles. The lowest BCUT2D eigenvalue weighted by Gasteiger charge is -2.20. The molecule has 1 aromatic carbocycles. The summed E-state index contributed by atoms with van der Waals surface area (Å²) in [6, 6.07) is 5.66. The Kier molecular flexibility index (Phi) is 5.20. The molecule has 2 rings (SSSR count). The first-order valence-corrected chi connectivity index (χ1v) is 7.83. The number of carbonyl (C=O) groups excluding carboxylic acids is 2. The van der Waals surface area contributed by atoms with Gasteiger partial charge >= 0.3 is 6.18 Å². The number of anilines is 1. The number of rotatable bonds is 4. The number of para-hydroxylation sites is 1. The monoisotopic (exact) mass is 342 g/mol. The number of hydrogen-bond donors (Lipinski definition) is 1. The minimum absolute atomic E-state index is 0.187. The van der Waals surface area contributed by atoms with E-state index in [1.54, 1.807) is 0 Å². The average molecular weight is 342 g/mol. The smallest absolute Gasteiger partial charge is 0.333 e. The Hall–Kier alpha value is -2.05. The first-order valence-electron chi connectivity index (χ1n) is 7.83. The lowest BCUT2D eigenvalue weighted by Crippen LogP contribution is -2.36. The van der Waals surface area contributed by atoms with Crippen molar-refractivity contribution in [3.8, 4) is 0 Å². The highest BCUT2D eigenvalue weighted by Crippen LogP contribution is 2.29. The van der Waals surface area contributed by atoms with E-state index in [2.05, 4.69) is 5.32 Å². The molecule has 7 heteroatoms. The minimum Gasteiger partial charge on any atom is -0.333 e. The summed E-state index contributed by atoms with van der Waals surface area (Å²) >= 11 is 0. The van der Waals surface area contributed by atoms with Crippen LogP contribution >= 0.6 is 0 Å². The van der Waals surface area contributed by atoms with Gasteiger partial charge < -0.3 is 10.2 Å². The van der Waals surface area contributed by atoms with E-state index in [9.17, 15) is 22.8 Å². The average Bonchev–Trinajstić information content (AvgIpc) is 2.80. The first kappa shape index (κ1) is 18.3. The van der Waals surface area contributed by atoms with Gasteiger partial charge in [-0.15, -0.1) is 0 Å². The first-order chi connectivity index (χ1) is 11.1. The van der Waals surface area contributed by atoms with Crippen LogP contribution in [0.25, 0.3) is 0 Å². The predicted molar refractivity (Wildman–Crippen MR) is 84.6 cm³/mol. The van der Waals surface area contributed by atoms with Gasteiger partial charge in [0.1, 0.15) is 6.54 Å². The SMILES string of the molecule is Cc1cccc(C(C)C)c1NC(=O)C1CC(=O)N(CC(F)(F)F)C1. The molecule has 2 amide bonds. The number of alkyl halides is 3. The van der Waals surface area contributed by atoms with E-state index in [1.165, 1.54) is 0 Å². The summed E-state index contributed by atoms with van der Waals surface area (Å²) in [4.78, 5) is 24.8. The maximum atomic E-state index is 12.5. The number of nitrogens with zero attached hydrogens (tertiary/aromatic N) is 1. The molecule has 0 aromatic heterocycles. The van der Waals surface area contributed by atoms with Gasteiger partial charge in [0.2, 0.25) is 11.8 Å². The quantitative estimate of drug-likeness (QED) is 0.911. The summed E-state index contributed by atoms with van der Waals surface area (Å²) in [5.74, 6) is -1.63. The molecule has 1 unspecified atom stereocenters. The third-order valence-corrected chi connectivity index (χ3v) is 4.13. The predicted octanol–water partition coefficient (Wildman–Crippen LogP) is 3.47. The van der Waals surface area contributed by atoms with Crippen LogP contribution in [0.1, 0.15) is 37.3 Å². The molecule has 0 spiro atoms. The topological polar surface area (TPSA) is 49.4 Å². The van der Waals surface area contributed by atoms with Crippen LogP contribution in [-0.2, 0) is 9.59 Å². The maximum Gasteiger partial charge on any atom is 0.406 e. The summed E-state index contributed by atoms with van der Waals surface area (Å²) in [5.41, 5.74) is 2.52. The number of hydrogen-bond acceptors (Lipinski definition) is 2. The minimum atomic E-state index is -4.46. The number of nitrogens with one attached hydrogen (secondary N) is 1. The van der Waals surface area contributed by atoms with Crippen molar-refractivity contribution in [3.63, 3.8) is 0 Å². The molecule has 0 bridgehead atoms. The summed E-state index contributed by atoms with van der Waals surface area (Å²) in [6.45, 7) is 4.34. The zero-order valence-corrected chi connectivity index (χ0v) is 13.9. The Labute approximate surface area is 139 Å². The fraction of sp³-hybridized carbons (Fsp3) is 0.529. The molecule has 1 saturated heterocycles. The summed E-state index contributed by atoms with van der Waals surface area (Å²) in [7, 11) is 0. The van der Waals surface area contributed by atoms with Gasteiger partial charge in [-0.3, -0.25) is 9.59 Å². The van der Waals surface area contributed by atoms with Crippen molar-refractivity contribution >= 4 is 17.5 Å². The van der Waals surface area contributed by atoms with Crippen LogP contribution in [0.3, 0.4) is 0 Å². The Bertz CT molecular complexity index is 641. The fourth-order valence-corrected chi connectivity index (χ4v) is 2.88. The third kappa shape index (κ3) is 4.27. The fourth-order valence-electron chi connectivity index (χ4n) is 2.88. The molecule has 1 aromatic rings. The van der Waals surface area contributed by atoms with E-state index in [0.717, 1.165) is 11.1 Å². The van der Waals surface area contributed by atoms with E-state index in [4.69, 9.17) is 0 Å². The highest BCUT2D eigenvalue weighted by molar-refractivity contribution is 5.98. The maximum absolute atomic E-state index is 12.5. The Balaban J connectivity index is 2.11. The number of halogens is 3. The molecular weight excluding hydrogens is 321 g/mol. The van der Waals surface area contributed by atoms with Crippen molar-refractivity contribution in [1.29, 1.82) is 0 Å². The number of benzene rings is 1. The van der Waals surface area contributed by atoms with Gasteiger partial charge in [0.25, 0.3) is 0 Å². The second kappa shape index (κ2) is 6.83. The third-order valence-electron chi connectivity index (χ3n) is 4.13. The van der Waals surface area contributed by atoms with Gasteiger partial charge in [-0.25, -0.2) is 0 Å². The van der Waals surface area contributed by atoms with Crippen LogP contribution in [0.15, 0.2) is 18.2 Å². The summed E-state index contributed by atoms with van der Waals surface area (Å²) < 4.78 is 37.4. The van der Waals surface area contributed by atoms with Crippen LogP contribution in [0, 0.1) is 12.8 Å². The van der Waals surface area contributed by atoms with Crippen molar-refractivity contribution in [3.05, 3.63) is 29.3 Å². The molecular formula is C17H21F3N2O2. The van der Waals surface area contributed by atoms with Gasteiger partial charge in [-0.1, -0.05) is 32.0 Å². The lowest BCUT2D eigenvalue weighted by atomic mass is 9.97. The van der Waals surface area contributed by atoms with E-state index in [-0.39, 0.29) is 18.9 Å². The Morgan fingerprint density at radius 3 is 2.62 bits per heavy atom. The molecule has 132 valence electrons. The van der Waals surface area contributed by atoms with Crippen LogP contribution in [0.5, 0.6) is 0 Å². The highest BCUT2D eigenvalue weighted by atomic mass is 19.4. The molecule has 1 atom stereocenters. The van der Waals surface area contributed by atoms with Gasteiger partial charge in [0, 0.05) is 18.7 Å². The number of aryl methyl sites for hydroxylation is 1. The van der Waals surface area contributed by atoms with E-state index >= 15 is 0 Å². The van der Waals surface area contributed by atoms with Crippen molar-refractivity contribution in [1.82, 2.24) is 4.90 Å². The number of likely N-dealkylation sites (tertiary alicyclic amines) is 1. The molecule has 1 aliphatic heterocycles. The highest BCUT2D eigenvalue weighted by Gasteiger charge is 2.40. The van der Waals surface area contributed by atoms with Gasteiger partial charge in [-0.2, -0.15) is 13.2 Å².